The summed E-state index contributed by atoms with van der Waals surface area (Å²) in [7, 11) is 0. The minimum atomic E-state index is -0.743. The molecule has 0 fully saturated rings. The number of aliphatic hydroxyl groups is 1. The van der Waals surface area contributed by atoms with E-state index in [-0.39, 0.29) is 0 Å². The van der Waals surface area contributed by atoms with Crippen molar-refractivity contribution in [3.63, 3.8) is 0 Å². The van der Waals surface area contributed by atoms with E-state index >= 15 is 0 Å². The summed E-state index contributed by atoms with van der Waals surface area (Å²) < 4.78 is 5.44. The van der Waals surface area contributed by atoms with Gasteiger partial charge in [-0.2, -0.15) is 0 Å². The molecule has 0 amide bonds. The summed E-state index contributed by atoms with van der Waals surface area (Å²) in [4.78, 5) is 0. The molecule has 0 aliphatic carbocycles. The number of rotatable bonds is 2. The van der Waals surface area contributed by atoms with Crippen LogP contribution < -0.4 is 0 Å². The van der Waals surface area contributed by atoms with Crippen molar-refractivity contribution in [3.8, 4) is 0 Å². The molecule has 0 spiro atoms. The summed E-state index contributed by atoms with van der Waals surface area (Å²) in [5, 5.41) is 10.8. The molecule has 1 heterocycles. The molecule has 0 radical (unpaired) electrons. The Labute approximate surface area is 101 Å². The fourth-order valence-electron chi connectivity index (χ4n) is 1.80. The normalized spacial score (nSPS) is 17.6. The Hall–Kier alpha value is -0.990. The molecule has 0 saturated carbocycles. The first kappa shape index (κ1) is 11.5. The molecule has 1 N–H and O–H groups in total. The number of allylic oxidation sites excluding steroid dienone is 1. The quantitative estimate of drug-likeness (QED) is 0.856. The Morgan fingerprint density at radius 1 is 1.44 bits per heavy atom. The summed E-state index contributed by atoms with van der Waals surface area (Å²) in [6.45, 7) is 2.60. The van der Waals surface area contributed by atoms with Crippen molar-refractivity contribution >= 4 is 11.6 Å². The molecule has 3 heteroatoms. The van der Waals surface area contributed by atoms with Crippen molar-refractivity contribution < 1.29 is 9.84 Å². The lowest BCUT2D eigenvalue weighted by Gasteiger charge is -2.21. The summed E-state index contributed by atoms with van der Waals surface area (Å²) in [6.07, 6.45) is 3.16. The second-order valence-electron chi connectivity index (χ2n) is 3.98. The van der Waals surface area contributed by atoms with Gasteiger partial charge >= 0.3 is 0 Å². The number of ether oxygens (including phenoxy) is 1. The fraction of sp³-hybridized carbons (Fsp3) is 0.385. The third-order valence-electron chi connectivity index (χ3n) is 2.75. The zero-order valence-electron chi connectivity index (χ0n) is 9.24. The van der Waals surface area contributed by atoms with Crippen LogP contribution >= 0.6 is 11.6 Å². The van der Waals surface area contributed by atoms with Gasteiger partial charge in [0.25, 0.3) is 0 Å². The molecule has 2 nitrogen and oxygen atoms in total. The number of hydrogen-bond donors (Lipinski definition) is 1. The van der Waals surface area contributed by atoms with Gasteiger partial charge in [-0.05, 0) is 31.4 Å². The van der Waals surface area contributed by atoms with Crippen LogP contribution in [0, 0.1) is 6.92 Å². The van der Waals surface area contributed by atoms with Crippen molar-refractivity contribution in [2.75, 3.05) is 6.61 Å². The highest BCUT2D eigenvalue weighted by Crippen LogP contribution is 2.32. The van der Waals surface area contributed by atoms with Gasteiger partial charge in [0.05, 0.1) is 6.61 Å². The number of halogens is 1. The maximum atomic E-state index is 10.2. The highest BCUT2D eigenvalue weighted by atomic mass is 35.5. The SMILES string of the molecule is Cc1cccc(C(O)C2=CCCCO2)c1Cl. The van der Waals surface area contributed by atoms with Crippen LogP contribution in [-0.2, 0) is 4.74 Å². The zero-order valence-corrected chi connectivity index (χ0v) is 10.00. The smallest absolute Gasteiger partial charge is 0.137 e. The van der Waals surface area contributed by atoms with E-state index in [2.05, 4.69) is 0 Å². The largest absolute Gasteiger partial charge is 0.495 e. The summed E-state index contributed by atoms with van der Waals surface area (Å²) >= 11 is 6.16. The highest BCUT2D eigenvalue weighted by molar-refractivity contribution is 6.32. The van der Waals surface area contributed by atoms with Crippen molar-refractivity contribution in [1.29, 1.82) is 0 Å². The molecule has 1 aromatic rings. The molecule has 0 saturated heterocycles. The Balaban J connectivity index is 2.29. The van der Waals surface area contributed by atoms with Crippen LogP contribution in [0.1, 0.15) is 30.1 Å². The van der Waals surface area contributed by atoms with E-state index in [0.29, 0.717) is 17.4 Å². The van der Waals surface area contributed by atoms with Gasteiger partial charge < -0.3 is 9.84 Å². The van der Waals surface area contributed by atoms with Crippen LogP contribution in [0.5, 0.6) is 0 Å². The van der Waals surface area contributed by atoms with Crippen molar-refractivity contribution in [3.05, 3.63) is 46.2 Å². The molecule has 1 aromatic carbocycles. The number of aliphatic hydroxyl groups excluding tert-OH is 1. The summed E-state index contributed by atoms with van der Waals surface area (Å²) in [5.74, 6) is 0.624. The van der Waals surface area contributed by atoms with E-state index in [0.717, 1.165) is 24.0 Å². The van der Waals surface area contributed by atoms with Gasteiger partial charge in [0.1, 0.15) is 11.9 Å². The van der Waals surface area contributed by atoms with Crippen molar-refractivity contribution in [2.45, 2.75) is 25.9 Å². The van der Waals surface area contributed by atoms with E-state index < -0.39 is 6.10 Å². The lowest BCUT2D eigenvalue weighted by Crippen LogP contribution is -2.10. The van der Waals surface area contributed by atoms with E-state index in [1.54, 1.807) is 0 Å². The first-order valence-corrected chi connectivity index (χ1v) is 5.84. The first-order valence-electron chi connectivity index (χ1n) is 5.46. The maximum Gasteiger partial charge on any atom is 0.137 e. The number of aryl methyl sites for hydroxylation is 1. The summed E-state index contributed by atoms with van der Waals surface area (Å²) in [6, 6.07) is 5.65. The van der Waals surface area contributed by atoms with Crippen LogP contribution in [0.2, 0.25) is 5.02 Å². The summed E-state index contributed by atoms with van der Waals surface area (Å²) in [5.41, 5.74) is 1.68. The molecule has 1 atom stereocenters. The predicted molar refractivity (Wildman–Crippen MR) is 64.4 cm³/mol. The van der Waals surface area contributed by atoms with E-state index in [1.165, 1.54) is 0 Å². The maximum absolute atomic E-state index is 10.2. The van der Waals surface area contributed by atoms with Gasteiger partial charge in [0.2, 0.25) is 0 Å². The van der Waals surface area contributed by atoms with Crippen LogP contribution in [0.4, 0.5) is 0 Å². The Kier molecular flexibility index (Phi) is 3.52. The Bertz CT molecular complexity index is 412. The van der Waals surface area contributed by atoms with Crippen molar-refractivity contribution in [1.82, 2.24) is 0 Å². The second-order valence-corrected chi connectivity index (χ2v) is 4.36. The van der Waals surface area contributed by atoms with E-state index in [9.17, 15) is 5.11 Å². The standard InChI is InChI=1S/C13H15ClO2/c1-9-5-4-6-10(12(9)14)13(15)11-7-2-3-8-16-11/h4-7,13,15H,2-3,8H2,1H3. The van der Waals surface area contributed by atoms with E-state index in [4.69, 9.17) is 16.3 Å². The number of hydrogen-bond acceptors (Lipinski definition) is 2. The third kappa shape index (κ3) is 2.23. The van der Waals surface area contributed by atoms with Crippen LogP contribution in [0.3, 0.4) is 0 Å². The minimum Gasteiger partial charge on any atom is -0.495 e. The molecular formula is C13H15ClO2. The molecule has 1 aliphatic heterocycles. The lowest BCUT2D eigenvalue weighted by molar-refractivity contribution is 0.0918. The van der Waals surface area contributed by atoms with Gasteiger partial charge in [-0.1, -0.05) is 29.8 Å². The molecular weight excluding hydrogens is 224 g/mol. The van der Waals surface area contributed by atoms with Crippen molar-refractivity contribution in [2.24, 2.45) is 0 Å². The average Bonchev–Trinajstić information content (AvgIpc) is 2.33. The van der Waals surface area contributed by atoms with Gasteiger partial charge in [0, 0.05) is 10.6 Å². The van der Waals surface area contributed by atoms with Gasteiger partial charge in [-0.15, -0.1) is 0 Å². The topological polar surface area (TPSA) is 29.5 Å². The molecule has 1 aliphatic rings. The van der Waals surface area contributed by atoms with Gasteiger partial charge in [-0.25, -0.2) is 0 Å². The average molecular weight is 239 g/mol. The zero-order chi connectivity index (χ0) is 11.5. The van der Waals surface area contributed by atoms with E-state index in [1.807, 2.05) is 31.2 Å². The third-order valence-corrected chi connectivity index (χ3v) is 3.26. The fourth-order valence-corrected chi connectivity index (χ4v) is 2.03. The van der Waals surface area contributed by atoms with Crippen LogP contribution in [0.25, 0.3) is 0 Å². The van der Waals surface area contributed by atoms with Gasteiger partial charge in [-0.3, -0.25) is 0 Å². The first-order chi connectivity index (χ1) is 7.70. The molecule has 1 unspecified atom stereocenters. The van der Waals surface area contributed by atoms with Gasteiger partial charge in [0.15, 0.2) is 0 Å². The molecule has 0 bridgehead atoms. The Morgan fingerprint density at radius 2 is 2.25 bits per heavy atom. The minimum absolute atomic E-state index is 0.616. The number of benzene rings is 1. The van der Waals surface area contributed by atoms with Crippen LogP contribution in [-0.4, -0.2) is 11.7 Å². The molecule has 0 aromatic heterocycles. The lowest BCUT2D eigenvalue weighted by atomic mass is 10.0. The Morgan fingerprint density at radius 3 is 2.94 bits per heavy atom. The predicted octanol–water partition coefficient (Wildman–Crippen LogP) is 3.38. The van der Waals surface area contributed by atoms with Crippen LogP contribution in [0.15, 0.2) is 30.0 Å². The highest BCUT2D eigenvalue weighted by Gasteiger charge is 2.19. The molecule has 16 heavy (non-hydrogen) atoms. The molecule has 2 rings (SSSR count). The second kappa shape index (κ2) is 4.89. The monoisotopic (exact) mass is 238 g/mol. The molecule has 86 valence electrons.